The number of aromatic nitrogens is 3. The van der Waals surface area contributed by atoms with Crippen LogP contribution in [0, 0.1) is 19.7 Å². The van der Waals surface area contributed by atoms with E-state index in [2.05, 4.69) is 15.5 Å². The molecule has 29 heavy (non-hydrogen) atoms. The number of halogens is 1. The van der Waals surface area contributed by atoms with E-state index in [1.807, 2.05) is 24.5 Å². The van der Waals surface area contributed by atoms with Crippen molar-refractivity contribution in [1.82, 2.24) is 20.1 Å². The average molecular weight is 398 g/mol. The van der Waals surface area contributed by atoms with Gasteiger partial charge in [0.25, 0.3) is 0 Å². The zero-order valence-corrected chi connectivity index (χ0v) is 16.4. The lowest BCUT2D eigenvalue weighted by molar-refractivity contribution is -0.122. The molecule has 4 rings (SSSR count). The first-order valence-electron chi connectivity index (χ1n) is 9.66. The number of rotatable bonds is 6. The number of nitrogens with zero attached hydrogens (tertiary/aromatic N) is 3. The van der Waals surface area contributed by atoms with Crippen LogP contribution < -0.4 is 5.32 Å². The summed E-state index contributed by atoms with van der Waals surface area (Å²) in [6.45, 7) is 5.36. The van der Waals surface area contributed by atoms with Crippen molar-refractivity contribution >= 4 is 5.91 Å². The van der Waals surface area contributed by atoms with Crippen molar-refractivity contribution in [1.29, 1.82) is 0 Å². The first-order chi connectivity index (χ1) is 14.0. The highest BCUT2D eigenvalue weighted by Gasteiger charge is 2.20. The van der Waals surface area contributed by atoms with Gasteiger partial charge in [-0.2, -0.15) is 0 Å². The summed E-state index contributed by atoms with van der Waals surface area (Å²) in [6, 6.07) is 7.80. The van der Waals surface area contributed by atoms with E-state index in [1.165, 1.54) is 12.1 Å². The molecule has 1 aromatic carbocycles. The smallest absolute Gasteiger partial charge is 0.249 e. The number of aryl methyl sites for hydroxylation is 1. The Hall–Kier alpha value is -3.00. The summed E-state index contributed by atoms with van der Waals surface area (Å²) in [5.41, 5.74) is 3.21. The molecule has 0 radical (unpaired) electrons. The van der Waals surface area contributed by atoms with E-state index in [-0.39, 0.29) is 24.4 Å². The number of benzene rings is 1. The lowest BCUT2D eigenvalue weighted by atomic mass is 10.2. The predicted octanol–water partition coefficient (Wildman–Crippen LogP) is 3.26. The van der Waals surface area contributed by atoms with Crippen molar-refractivity contribution in [2.45, 2.75) is 39.3 Å². The highest BCUT2D eigenvalue weighted by atomic mass is 19.1. The molecule has 3 heterocycles. The number of amides is 1. The third kappa shape index (κ3) is 4.22. The van der Waals surface area contributed by atoms with Crippen LogP contribution in [0.15, 0.2) is 34.7 Å². The molecule has 1 N–H and O–H groups in total. The second-order valence-corrected chi connectivity index (χ2v) is 7.23. The zero-order valence-electron chi connectivity index (χ0n) is 16.4. The molecule has 0 spiro atoms. The summed E-state index contributed by atoms with van der Waals surface area (Å²) in [7, 11) is 0. The van der Waals surface area contributed by atoms with Crippen LogP contribution in [0.25, 0.3) is 22.9 Å². The van der Waals surface area contributed by atoms with Crippen LogP contribution in [-0.2, 0) is 16.1 Å². The van der Waals surface area contributed by atoms with Gasteiger partial charge in [0.1, 0.15) is 12.4 Å². The largest absolute Gasteiger partial charge is 0.416 e. The van der Waals surface area contributed by atoms with Gasteiger partial charge < -0.3 is 19.0 Å². The minimum Gasteiger partial charge on any atom is -0.416 e. The van der Waals surface area contributed by atoms with E-state index in [1.54, 1.807) is 12.1 Å². The zero-order chi connectivity index (χ0) is 20.4. The van der Waals surface area contributed by atoms with Gasteiger partial charge in [-0.1, -0.05) is 0 Å². The van der Waals surface area contributed by atoms with Gasteiger partial charge in [0.15, 0.2) is 0 Å². The Labute approximate surface area is 167 Å². The Morgan fingerprint density at radius 3 is 2.72 bits per heavy atom. The van der Waals surface area contributed by atoms with Crippen LogP contribution in [0.3, 0.4) is 0 Å². The molecule has 1 saturated heterocycles. The summed E-state index contributed by atoms with van der Waals surface area (Å²) in [5.74, 6) is 0.295. The Balaban J connectivity index is 1.48. The maximum atomic E-state index is 13.1. The quantitative estimate of drug-likeness (QED) is 0.689. The van der Waals surface area contributed by atoms with Crippen molar-refractivity contribution in [2.24, 2.45) is 0 Å². The van der Waals surface area contributed by atoms with Crippen LogP contribution >= 0.6 is 0 Å². The van der Waals surface area contributed by atoms with Crippen molar-refractivity contribution in [3.8, 4) is 22.9 Å². The fourth-order valence-electron chi connectivity index (χ4n) is 3.53. The van der Waals surface area contributed by atoms with Crippen LogP contribution in [0.4, 0.5) is 4.39 Å². The Bertz CT molecular complexity index is 1000. The van der Waals surface area contributed by atoms with E-state index in [9.17, 15) is 9.18 Å². The average Bonchev–Trinajstić information content (AvgIpc) is 3.44. The monoisotopic (exact) mass is 398 g/mol. The second-order valence-electron chi connectivity index (χ2n) is 7.23. The van der Waals surface area contributed by atoms with E-state index >= 15 is 0 Å². The number of nitrogens with one attached hydrogen (secondary N) is 1. The Kier molecular flexibility index (Phi) is 5.44. The summed E-state index contributed by atoms with van der Waals surface area (Å²) < 4.78 is 26.4. The first kappa shape index (κ1) is 19.3. The molecule has 1 atom stereocenters. The topological polar surface area (TPSA) is 82.2 Å². The number of hydrogen-bond acceptors (Lipinski definition) is 5. The molecule has 0 saturated carbocycles. The maximum absolute atomic E-state index is 13.1. The standard InChI is InChI=1S/C21H23FN4O3/c1-13-10-18(21-25-24-20(29-21)15-5-7-16(22)8-6-15)14(2)26(13)12-19(27)23-11-17-4-3-9-28-17/h5-8,10,17H,3-4,9,11-12H2,1-2H3,(H,23,27). The van der Waals surface area contributed by atoms with Crippen molar-refractivity contribution in [3.05, 3.63) is 47.5 Å². The van der Waals surface area contributed by atoms with E-state index in [0.29, 0.717) is 23.9 Å². The molecule has 8 heteroatoms. The highest BCUT2D eigenvalue weighted by molar-refractivity contribution is 5.76. The second kappa shape index (κ2) is 8.16. The van der Waals surface area contributed by atoms with Crippen molar-refractivity contribution in [2.75, 3.05) is 13.2 Å². The molecule has 7 nitrogen and oxygen atoms in total. The lowest BCUT2D eigenvalue weighted by Crippen LogP contribution is -2.34. The summed E-state index contributed by atoms with van der Waals surface area (Å²) in [5, 5.41) is 11.1. The van der Waals surface area contributed by atoms with Crippen molar-refractivity contribution in [3.63, 3.8) is 0 Å². The van der Waals surface area contributed by atoms with Crippen LogP contribution in [-0.4, -0.2) is 39.9 Å². The van der Waals surface area contributed by atoms with Gasteiger partial charge in [-0.3, -0.25) is 4.79 Å². The molecule has 1 fully saturated rings. The Morgan fingerprint density at radius 1 is 1.24 bits per heavy atom. The molecule has 0 bridgehead atoms. The van der Waals surface area contributed by atoms with E-state index < -0.39 is 0 Å². The minimum atomic E-state index is -0.324. The maximum Gasteiger partial charge on any atom is 0.249 e. The molecule has 1 unspecified atom stereocenters. The van der Waals surface area contributed by atoms with Gasteiger partial charge in [-0.25, -0.2) is 4.39 Å². The molecule has 0 aliphatic carbocycles. The normalized spacial score (nSPS) is 16.3. The molecule has 3 aromatic rings. The third-order valence-electron chi connectivity index (χ3n) is 5.17. The van der Waals surface area contributed by atoms with E-state index in [0.717, 1.165) is 36.4 Å². The van der Waals surface area contributed by atoms with Gasteiger partial charge in [-0.15, -0.1) is 10.2 Å². The van der Waals surface area contributed by atoms with Crippen LogP contribution in [0.1, 0.15) is 24.2 Å². The summed E-state index contributed by atoms with van der Waals surface area (Å²) in [4.78, 5) is 12.4. The molecule has 2 aromatic heterocycles. The summed E-state index contributed by atoms with van der Waals surface area (Å²) in [6.07, 6.45) is 2.15. The molecular weight excluding hydrogens is 375 g/mol. The number of ether oxygens (including phenoxy) is 1. The van der Waals surface area contributed by atoms with E-state index in [4.69, 9.17) is 9.15 Å². The number of hydrogen-bond donors (Lipinski definition) is 1. The number of carbonyl (C=O) groups is 1. The fourth-order valence-corrected chi connectivity index (χ4v) is 3.53. The van der Waals surface area contributed by atoms with Gasteiger partial charge in [-0.05, 0) is 57.0 Å². The van der Waals surface area contributed by atoms with Gasteiger partial charge in [0.2, 0.25) is 17.7 Å². The van der Waals surface area contributed by atoms with Crippen molar-refractivity contribution < 1.29 is 18.3 Å². The Morgan fingerprint density at radius 2 is 2.00 bits per heavy atom. The number of carbonyl (C=O) groups excluding carboxylic acids is 1. The molecule has 1 amide bonds. The highest BCUT2D eigenvalue weighted by Crippen LogP contribution is 2.28. The summed E-state index contributed by atoms with van der Waals surface area (Å²) >= 11 is 0. The lowest BCUT2D eigenvalue weighted by Gasteiger charge is -2.13. The van der Waals surface area contributed by atoms with Gasteiger partial charge >= 0.3 is 0 Å². The third-order valence-corrected chi connectivity index (χ3v) is 5.17. The van der Waals surface area contributed by atoms with Gasteiger partial charge in [0, 0.05) is 30.1 Å². The molecular formula is C21H23FN4O3. The molecule has 1 aliphatic rings. The fraction of sp³-hybridized carbons (Fsp3) is 0.381. The van der Waals surface area contributed by atoms with Gasteiger partial charge in [0.05, 0.1) is 11.7 Å². The molecule has 152 valence electrons. The van der Waals surface area contributed by atoms with Crippen LogP contribution in [0.5, 0.6) is 0 Å². The molecule has 1 aliphatic heterocycles. The minimum absolute atomic E-state index is 0.0635. The first-order valence-corrected chi connectivity index (χ1v) is 9.66. The predicted molar refractivity (Wildman–Crippen MR) is 105 cm³/mol. The SMILES string of the molecule is Cc1cc(-c2nnc(-c3ccc(F)cc3)o2)c(C)n1CC(=O)NCC1CCCO1. The van der Waals surface area contributed by atoms with Crippen LogP contribution in [0.2, 0.25) is 0 Å².